The van der Waals surface area contributed by atoms with Crippen LogP contribution in [0.3, 0.4) is 0 Å². The highest BCUT2D eigenvalue weighted by Crippen LogP contribution is 2.23. The Balaban J connectivity index is 2.30. The zero-order chi connectivity index (χ0) is 20.0. The number of amides is 3. The van der Waals surface area contributed by atoms with Gasteiger partial charge in [0.2, 0.25) is 17.7 Å². The van der Waals surface area contributed by atoms with Crippen molar-refractivity contribution < 1.29 is 23.9 Å². The number of likely N-dealkylation sites (tertiary alicyclic amines) is 1. The van der Waals surface area contributed by atoms with Crippen LogP contribution in [-0.2, 0) is 23.9 Å². The summed E-state index contributed by atoms with van der Waals surface area (Å²) in [6, 6.07) is 0. The molecule has 1 N–H and O–H groups in total. The Kier molecular flexibility index (Phi) is 8.21. The van der Waals surface area contributed by atoms with Crippen LogP contribution in [-0.4, -0.2) is 60.1 Å². The van der Waals surface area contributed by atoms with Gasteiger partial charge in [-0.1, -0.05) is 6.92 Å². The molecule has 0 bridgehead atoms. The molecule has 1 aliphatic heterocycles. The maximum absolute atomic E-state index is 12.0. The van der Waals surface area contributed by atoms with E-state index < -0.39 is 5.60 Å². The average Bonchev–Trinajstić information content (AvgIpc) is 2.74. The van der Waals surface area contributed by atoms with E-state index in [4.69, 9.17) is 9.47 Å². The summed E-state index contributed by atoms with van der Waals surface area (Å²) in [7, 11) is 0. The second-order valence-corrected chi connectivity index (χ2v) is 8.19. The number of imide groups is 1. The molecular weight excluding hydrogens is 336 g/mol. The van der Waals surface area contributed by atoms with E-state index in [0.717, 1.165) is 0 Å². The number of hydrogen-bond acceptors (Lipinski definition) is 5. The lowest BCUT2D eigenvalue weighted by atomic mass is 10.0. The molecule has 0 aliphatic carbocycles. The molecule has 1 atom stereocenters. The molecule has 0 aromatic rings. The Morgan fingerprint density at radius 1 is 1.12 bits per heavy atom. The van der Waals surface area contributed by atoms with E-state index >= 15 is 0 Å². The molecule has 0 radical (unpaired) electrons. The first kappa shape index (κ1) is 22.6. The van der Waals surface area contributed by atoms with Gasteiger partial charge in [0.05, 0.1) is 24.4 Å². The molecule has 26 heavy (non-hydrogen) atoms. The maximum Gasteiger partial charge on any atom is 0.232 e. The van der Waals surface area contributed by atoms with Gasteiger partial charge in [-0.2, -0.15) is 0 Å². The van der Waals surface area contributed by atoms with Crippen molar-refractivity contribution in [2.24, 2.45) is 5.92 Å². The van der Waals surface area contributed by atoms with Gasteiger partial charge in [0.1, 0.15) is 0 Å². The molecule has 0 spiro atoms. The summed E-state index contributed by atoms with van der Waals surface area (Å²) in [5.41, 5.74) is -0.788. The van der Waals surface area contributed by atoms with E-state index in [2.05, 4.69) is 5.32 Å². The highest BCUT2D eigenvalue weighted by molar-refractivity contribution is 6.03. The molecule has 1 heterocycles. The van der Waals surface area contributed by atoms with E-state index in [-0.39, 0.29) is 29.2 Å². The van der Waals surface area contributed by atoms with E-state index in [0.29, 0.717) is 45.6 Å². The summed E-state index contributed by atoms with van der Waals surface area (Å²) in [6.07, 6.45) is 1.61. The third kappa shape index (κ3) is 7.83. The number of ether oxygens (including phenoxy) is 2. The highest BCUT2D eigenvalue weighted by atomic mass is 16.5. The van der Waals surface area contributed by atoms with Gasteiger partial charge in [-0.3, -0.25) is 19.3 Å². The molecule has 1 saturated heterocycles. The first-order valence-corrected chi connectivity index (χ1v) is 9.30. The monoisotopic (exact) mass is 370 g/mol. The van der Waals surface area contributed by atoms with Crippen molar-refractivity contribution in [1.82, 2.24) is 10.2 Å². The Morgan fingerprint density at radius 2 is 1.69 bits per heavy atom. The summed E-state index contributed by atoms with van der Waals surface area (Å²) in [5.74, 6) is -0.450. The van der Waals surface area contributed by atoms with Crippen LogP contribution in [0.4, 0.5) is 0 Å². The third-order valence-electron chi connectivity index (χ3n) is 4.57. The number of carbonyl (C=O) groups excluding carboxylic acids is 3. The normalized spacial score (nSPS) is 18.5. The third-order valence-corrected chi connectivity index (χ3v) is 4.57. The van der Waals surface area contributed by atoms with Crippen molar-refractivity contribution in [3.8, 4) is 0 Å². The van der Waals surface area contributed by atoms with Crippen LogP contribution in [0.25, 0.3) is 0 Å². The lowest BCUT2D eigenvalue weighted by Gasteiger charge is -2.30. The number of nitrogens with zero attached hydrogens (tertiary/aromatic N) is 1. The minimum Gasteiger partial charge on any atom is -0.375 e. The maximum atomic E-state index is 12.0. The molecule has 1 fully saturated rings. The van der Waals surface area contributed by atoms with Crippen molar-refractivity contribution in [2.75, 3.05) is 26.3 Å². The summed E-state index contributed by atoms with van der Waals surface area (Å²) < 4.78 is 11.8. The fraction of sp³-hybridized carbons (Fsp3) is 0.842. The summed E-state index contributed by atoms with van der Waals surface area (Å²) in [5, 5.41) is 2.70. The molecule has 3 amide bonds. The van der Waals surface area contributed by atoms with Gasteiger partial charge < -0.3 is 14.8 Å². The van der Waals surface area contributed by atoms with Crippen molar-refractivity contribution in [1.29, 1.82) is 0 Å². The Labute approximate surface area is 156 Å². The number of carbonyl (C=O) groups is 3. The molecule has 1 rings (SSSR count). The summed E-state index contributed by atoms with van der Waals surface area (Å²) in [6.45, 7) is 13.0. The number of nitrogens with one attached hydrogen (secondary N) is 1. The second-order valence-electron chi connectivity index (χ2n) is 8.19. The van der Waals surface area contributed by atoms with Gasteiger partial charge in [0.25, 0.3) is 0 Å². The van der Waals surface area contributed by atoms with Gasteiger partial charge in [-0.05, 0) is 40.5 Å². The molecule has 0 saturated carbocycles. The van der Waals surface area contributed by atoms with Crippen molar-refractivity contribution in [3.63, 3.8) is 0 Å². The highest BCUT2D eigenvalue weighted by Gasteiger charge is 2.36. The van der Waals surface area contributed by atoms with Gasteiger partial charge in [-0.15, -0.1) is 0 Å². The van der Waals surface area contributed by atoms with Crippen molar-refractivity contribution >= 4 is 17.7 Å². The standard InChI is InChI=1S/C19H34N2O5/c1-14-13-16(23)21(17(14)24)10-7-18(3,4)25-11-8-19(5,6)26-12-9-20-15(2)22/h14H,7-13H2,1-6H3,(H,20,22). The van der Waals surface area contributed by atoms with E-state index in [1.807, 2.05) is 27.7 Å². The van der Waals surface area contributed by atoms with E-state index in [1.54, 1.807) is 6.92 Å². The summed E-state index contributed by atoms with van der Waals surface area (Å²) in [4.78, 5) is 36.0. The van der Waals surface area contributed by atoms with Crippen LogP contribution < -0.4 is 5.32 Å². The van der Waals surface area contributed by atoms with E-state index in [1.165, 1.54) is 11.8 Å². The van der Waals surface area contributed by atoms with Crippen LogP contribution in [0, 0.1) is 5.92 Å². The molecule has 7 nitrogen and oxygen atoms in total. The number of hydrogen-bond donors (Lipinski definition) is 1. The lowest BCUT2D eigenvalue weighted by molar-refractivity contribution is -0.140. The molecule has 0 aromatic heterocycles. The van der Waals surface area contributed by atoms with Crippen LogP contribution in [0.15, 0.2) is 0 Å². The SMILES string of the molecule is CC(=O)NCCOC(C)(C)CCOC(C)(C)CCN1C(=O)CC(C)C1=O. The topological polar surface area (TPSA) is 84.9 Å². The average molecular weight is 370 g/mol. The van der Waals surface area contributed by atoms with Gasteiger partial charge in [-0.25, -0.2) is 0 Å². The predicted octanol–water partition coefficient (Wildman–Crippen LogP) is 1.89. The molecule has 7 heteroatoms. The van der Waals surface area contributed by atoms with Crippen LogP contribution in [0.2, 0.25) is 0 Å². The van der Waals surface area contributed by atoms with Crippen LogP contribution in [0.5, 0.6) is 0 Å². The Bertz CT molecular complexity index is 516. The molecular formula is C19H34N2O5. The molecule has 150 valence electrons. The Hall–Kier alpha value is -1.47. The zero-order valence-electron chi connectivity index (χ0n) is 17.0. The minimum absolute atomic E-state index is 0.0687. The fourth-order valence-corrected chi connectivity index (χ4v) is 2.74. The summed E-state index contributed by atoms with van der Waals surface area (Å²) >= 11 is 0. The minimum atomic E-state index is -0.432. The van der Waals surface area contributed by atoms with Gasteiger partial charge in [0, 0.05) is 32.4 Å². The largest absolute Gasteiger partial charge is 0.375 e. The zero-order valence-corrected chi connectivity index (χ0v) is 17.0. The first-order valence-electron chi connectivity index (χ1n) is 9.30. The van der Waals surface area contributed by atoms with Gasteiger partial charge in [0.15, 0.2) is 0 Å². The lowest BCUT2D eigenvalue weighted by Crippen LogP contribution is -2.37. The predicted molar refractivity (Wildman–Crippen MR) is 98.5 cm³/mol. The Morgan fingerprint density at radius 3 is 2.23 bits per heavy atom. The fourth-order valence-electron chi connectivity index (χ4n) is 2.74. The number of rotatable bonds is 11. The second kappa shape index (κ2) is 9.46. The smallest absolute Gasteiger partial charge is 0.232 e. The van der Waals surface area contributed by atoms with Gasteiger partial charge >= 0.3 is 0 Å². The van der Waals surface area contributed by atoms with Crippen LogP contribution in [0.1, 0.15) is 60.8 Å². The van der Waals surface area contributed by atoms with Crippen molar-refractivity contribution in [3.05, 3.63) is 0 Å². The molecule has 1 unspecified atom stereocenters. The van der Waals surface area contributed by atoms with E-state index in [9.17, 15) is 14.4 Å². The first-order chi connectivity index (χ1) is 11.9. The van der Waals surface area contributed by atoms with Crippen molar-refractivity contribution in [2.45, 2.75) is 72.0 Å². The molecule has 0 aromatic carbocycles. The van der Waals surface area contributed by atoms with Crippen LogP contribution >= 0.6 is 0 Å². The quantitative estimate of drug-likeness (QED) is 0.443. The molecule has 1 aliphatic rings.